The van der Waals surface area contributed by atoms with Gasteiger partial charge in [0.25, 0.3) is 0 Å². The van der Waals surface area contributed by atoms with Crippen LogP contribution in [0.1, 0.15) is 73.6 Å². The number of aliphatic hydroxyl groups is 1. The Kier molecular flexibility index (Phi) is 3.41. The second-order valence-electron chi connectivity index (χ2n) is 8.54. The summed E-state index contributed by atoms with van der Waals surface area (Å²) in [6, 6.07) is 4.78. The number of aryl methyl sites for hydroxylation is 1. The molecule has 0 unspecified atom stereocenters. The number of aliphatic hydroxyl groups excluding tert-OH is 1. The molecule has 1 heteroatoms. The van der Waals surface area contributed by atoms with Crippen LogP contribution in [0.15, 0.2) is 12.1 Å². The van der Waals surface area contributed by atoms with Gasteiger partial charge in [-0.15, -0.1) is 0 Å². The molecule has 2 saturated carbocycles. The van der Waals surface area contributed by atoms with Crippen molar-refractivity contribution in [2.75, 3.05) is 0 Å². The lowest BCUT2D eigenvalue weighted by molar-refractivity contribution is -0.0606. The molecule has 1 N–H and O–H groups in total. The lowest BCUT2D eigenvalue weighted by atomic mass is 9.49. The van der Waals surface area contributed by atoms with Gasteiger partial charge in [0.2, 0.25) is 0 Å². The van der Waals surface area contributed by atoms with E-state index in [4.69, 9.17) is 0 Å². The number of fused-ring (bicyclic) bond motifs is 5. The zero-order valence-electron chi connectivity index (χ0n) is 14.4. The average Bonchev–Trinajstić information content (AvgIpc) is 2.51. The highest BCUT2D eigenvalue weighted by Gasteiger charge is 2.51. The fourth-order valence-electron chi connectivity index (χ4n) is 6.15. The molecule has 0 saturated heterocycles. The summed E-state index contributed by atoms with van der Waals surface area (Å²) in [6.45, 7) is 7.12. The Hall–Kier alpha value is -0.820. The van der Waals surface area contributed by atoms with E-state index in [-0.39, 0.29) is 6.10 Å². The molecule has 4 rings (SSSR count). The van der Waals surface area contributed by atoms with Gasteiger partial charge in [-0.05, 0) is 104 Å². The Morgan fingerprint density at radius 2 is 1.91 bits per heavy atom. The van der Waals surface area contributed by atoms with Crippen molar-refractivity contribution < 1.29 is 5.11 Å². The van der Waals surface area contributed by atoms with Crippen LogP contribution < -0.4 is 0 Å². The summed E-state index contributed by atoms with van der Waals surface area (Å²) in [6.07, 6.45) is 8.58. The van der Waals surface area contributed by atoms with Gasteiger partial charge >= 0.3 is 0 Å². The van der Waals surface area contributed by atoms with Gasteiger partial charge in [-0.2, -0.15) is 0 Å². The molecule has 5 atom stereocenters. The Morgan fingerprint density at radius 1 is 1.09 bits per heavy atom. The fourth-order valence-corrected chi connectivity index (χ4v) is 6.15. The zero-order chi connectivity index (χ0) is 15.5. The van der Waals surface area contributed by atoms with Gasteiger partial charge in [-0.25, -0.2) is 0 Å². The van der Waals surface area contributed by atoms with E-state index >= 15 is 0 Å². The van der Waals surface area contributed by atoms with Crippen LogP contribution in [-0.4, -0.2) is 11.2 Å². The predicted molar refractivity (Wildman–Crippen MR) is 91.2 cm³/mol. The molecule has 1 nitrogen and oxygen atoms in total. The molecule has 0 heterocycles. The van der Waals surface area contributed by atoms with Crippen LogP contribution in [0.25, 0.3) is 0 Å². The van der Waals surface area contributed by atoms with Gasteiger partial charge < -0.3 is 5.11 Å². The van der Waals surface area contributed by atoms with Crippen molar-refractivity contribution in [1.82, 2.24) is 0 Å². The summed E-state index contributed by atoms with van der Waals surface area (Å²) in [4.78, 5) is 0. The normalized spacial score (nSPS) is 40.5. The number of benzene rings is 1. The van der Waals surface area contributed by atoms with Crippen molar-refractivity contribution in [2.45, 2.75) is 77.7 Å². The average molecular weight is 298 g/mol. The molecule has 22 heavy (non-hydrogen) atoms. The van der Waals surface area contributed by atoms with E-state index in [9.17, 15) is 5.11 Å². The number of rotatable bonds is 0. The number of hydrogen-bond acceptors (Lipinski definition) is 1. The molecule has 0 radical (unpaired) electrons. The Morgan fingerprint density at radius 3 is 2.73 bits per heavy atom. The van der Waals surface area contributed by atoms with Crippen molar-refractivity contribution in [3.63, 3.8) is 0 Å². The van der Waals surface area contributed by atoms with Crippen LogP contribution in [0, 0.1) is 31.1 Å². The molecule has 3 aliphatic rings. The Labute approximate surface area is 135 Å². The van der Waals surface area contributed by atoms with E-state index in [1.807, 2.05) is 0 Å². The molecule has 0 amide bonds. The van der Waals surface area contributed by atoms with E-state index in [1.54, 1.807) is 16.7 Å². The molecule has 1 aromatic rings. The topological polar surface area (TPSA) is 20.2 Å². The summed E-state index contributed by atoms with van der Waals surface area (Å²) >= 11 is 0. The van der Waals surface area contributed by atoms with Crippen molar-refractivity contribution in [3.05, 3.63) is 34.4 Å². The monoisotopic (exact) mass is 298 g/mol. The summed E-state index contributed by atoms with van der Waals surface area (Å²) in [5.74, 6) is 2.37. The quantitative estimate of drug-likeness (QED) is 0.721. The first-order valence-corrected chi connectivity index (χ1v) is 9.27. The second kappa shape index (κ2) is 5.09. The van der Waals surface area contributed by atoms with Gasteiger partial charge in [0.05, 0.1) is 6.10 Å². The Balaban J connectivity index is 1.72. The fraction of sp³-hybridized carbons (Fsp3) is 0.714. The van der Waals surface area contributed by atoms with Crippen LogP contribution in [0.2, 0.25) is 0 Å². The Bertz CT molecular complexity index is 590. The van der Waals surface area contributed by atoms with Crippen LogP contribution in [0.5, 0.6) is 0 Å². The van der Waals surface area contributed by atoms with Crippen LogP contribution >= 0.6 is 0 Å². The minimum atomic E-state index is -0.0320. The highest BCUT2D eigenvalue weighted by molar-refractivity contribution is 5.44. The standard InChI is InChI=1S/C21H30O/c1-13-4-6-18-17(14(13)2)8-9-20-19(18)7-5-15-12-16(22)10-11-21(15,20)3/h4,6,15-16,19-20,22H,5,7-12H2,1-3H3/t15-,16-,19-,20+,21-/m0/s1. The molecule has 0 aromatic heterocycles. The van der Waals surface area contributed by atoms with Crippen molar-refractivity contribution in [2.24, 2.45) is 17.3 Å². The largest absolute Gasteiger partial charge is 0.393 e. The van der Waals surface area contributed by atoms with Gasteiger partial charge in [0.15, 0.2) is 0 Å². The van der Waals surface area contributed by atoms with E-state index in [2.05, 4.69) is 32.9 Å². The third kappa shape index (κ3) is 2.01. The first-order valence-electron chi connectivity index (χ1n) is 9.27. The highest BCUT2D eigenvalue weighted by Crippen LogP contribution is 2.60. The third-order valence-corrected chi connectivity index (χ3v) is 7.67. The molecular weight excluding hydrogens is 268 g/mol. The molecule has 3 aliphatic carbocycles. The smallest absolute Gasteiger partial charge is 0.0543 e. The molecular formula is C21H30O. The van der Waals surface area contributed by atoms with Gasteiger partial charge in [-0.3, -0.25) is 0 Å². The van der Waals surface area contributed by atoms with Crippen LogP contribution in [0.4, 0.5) is 0 Å². The predicted octanol–water partition coefficient (Wildman–Crippen LogP) is 4.91. The van der Waals surface area contributed by atoms with Crippen molar-refractivity contribution in [3.8, 4) is 0 Å². The molecule has 1 aromatic carbocycles. The summed E-state index contributed by atoms with van der Waals surface area (Å²) in [5.41, 5.74) is 6.81. The summed E-state index contributed by atoms with van der Waals surface area (Å²) < 4.78 is 0. The van der Waals surface area contributed by atoms with Crippen molar-refractivity contribution >= 4 is 0 Å². The zero-order valence-corrected chi connectivity index (χ0v) is 14.4. The minimum absolute atomic E-state index is 0.0320. The first-order chi connectivity index (χ1) is 10.5. The van der Waals surface area contributed by atoms with Gasteiger partial charge in [0.1, 0.15) is 0 Å². The van der Waals surface area contributed by atoms with E-state index in [0.717, 1.165) is 30.6 Å². The van der Waals surface area contributed by atoms with E-state index in [1.165, 1.54) is 37.7 Å². The van der Waals surface area contributed by atoms with Crippen LogP contribution in [0.3, 0.4) is 0 Å². The SMILES string of the molecule is Cc1ccc2c(c1C)CC[C@@H]1[C@H]2CC[C@H]2C[C@@H](O)CC[C@@]21C. The maximum Gasteiger partial charge on any atom is 0.0543 e. The van der Waals surface area contributed by atoms with E-state index < -0.39 is 0 Å². The minimum Gasteiger partial charge on any atom is -0.393 e. The third-order valence-electron chi connectivity index (χ3n) is 7.67. The number of hydrogen-bond donors (Lipinski definition) is 1. The second-order valence-corrected chi connectivity index (χ2v) is 8.54. The first kappa shape index (κ1) is 14.8. The molecule has 0 spiro atoms. The molecule has 120 valence electrons. The summed E-state index contributed by atoms with van der Waals surface area (Å²) in [5, 5.41) is 10.1. The van der Waals surface area contributed by atoms with Crippen molar-refractivity contribution in [1.29, 1.82) is 0 Å². The van der Waals surface area contributed by atoms with Crippen LogP contribution in [-0.2, 0) is 6.42 Å². The maximum atomic E-state index is 10.1. The molecule has 0 bridgehead atoms. The van der Waals surface area contributed by atoms with Gasteiger partial charge in [-0.1, -0.05) is 19.1 Å². The maximum absolute atomic E-state index is 10.1. The molecule has 2 fully saturated rings. The summed E-state index contributed by atoms with van der Waals surface area (Å²) in [7, 11) is 0. The highest BCUT2D eigenvalue weighted by atomic mass is 16.3. The lowest BCUT2D eigenvalue weighted by Gasteiger charge is -2.56. The lowest BCUT2D eigenvalue weighted by Crippen LogP contribution is -2.48. The van der Waals surface area contributed by atoms with Gasteiger partial charge in [0, 0.05) is 0 Å². The van der Waals surface area contributed by atoms with E-state index in [0.29, 0.717) is 5.41 Å². The molecule has 0 aliphatic heterocycles.